The smallest absolute Gasteiger partial charge is 0.220 e. The second-order valence-electron chi connectivity index (χ2n) is 11.5. The lowest BCUT2D eigenvalue weighted by molar-refractivity contribution is -0.128. The molecule has 2 saturated heterocycles. The second-order valence-corrected chi connectivity index (χ2v) is 11.5. The van der Waals surface area contributed by atoms with Crippen LogP contribution in [0.2, 0.25) is 0 Å². The Bertz CT molecular complexity index is 916. The van der Waals surface area contributed by atoms with Crippen molar-refractivity contribution in [1.29, 1.82) is 0 Å². The van der Waals surface area contributed by atoms with E-state index in [2.05, 4.69) is 31.1 Å². The van der Waals surface area contributed by atoms with Gasteiger partial charge in [-0.15, -0.1) is 0 Å². The number of ketones is 1. The van der Waals surface area contributed by atoms with Gasteiger partial charge >= 0.3 is 0 Å². The molecule has 0 saturated carbocycles. The quantitative estimate of drug-likeness (QED) is 0.489. The lowest BCUT2D eigenvalue weighted by Crippen LogP contribution is -2.41. The number of pyridine rings is 1. The average Bonchev–Trinajstić information content (AvgIpc) is 3.38. The van der Waals surface area contributed by atoms with Crippen LogP contribution in [0.3, 0.4) is 0 Å². The van der Waals surface area contributed by atoms with Gasteiger partial charge < -0.3 is 10.1 Å². The van der Waals surface area contributed by atoms with Crippen molar-refractivity contribution in [3.63, 3.8) is 0 Å². The topological polar surface area (TPSA) is 71.6 Å². The zero-order valence-corrected chi connectivity index (χ0v) is 22.2. The lowest BCUT2D eigenvalue weighted by atomic mass is 9.79. The molecule has 5 nitrogen and oxygen atoms in total. The fraction of sp³-hybridized carbons (Fsp3) is 0.690. The molecule has 2 fully saturated rings. The van der Waals surface area contributed by atoms with E-state index in [-0.39, 0.29) is 23.7 Å². The Morgan fingerprint density at radius 2 is 1.97 bits per heavy atom. The number of nitrogens with one attached hydrogen (secondary N) is 1. The Kier molecular flexibility index (Phi) is 8.90. The van der Waals surface area contributed by atoms with E-state index in [0.29, 0.717) is 30.9 Å². The van der Waals surface area contributed by atoms with Gasteiger partial charge in [-0.25, -0.2) is 4.39 Å². The van der Waals surface area contributed by atoms with Gasteiger partial charge in [0, 0.05) is 30.9 Å². The molecule has 3 heterocycles. The normalized spacial score (nSPS) is 33.0. The molecule has 6 heteroatoms. The number of amides is 1. The number of ether oxygens (including phenoxy) is 1. The largest absolute Gasteiger partial charge is 0.363 e. The van der Waals surface area contributed by atoms with Gasteiger partial charge in [-0.1, -0.05) is 53.0 Å². The Balaban J connectivity index is 1.88. The summed E-state index contributed by atoms with van der Waals surface area (Å²) in [4.78, 5) is 30.0. The Morgan fingerprint density at radius 3 is 2.66 bits per heavy atom. The van der Waals surface area contributed by atoms with E-state index in [4.69, 9.17) is 4.74 Å². The number of rotatable bonds is 4. The molecule has 0 aromatic carbocycles. The van der Waals surface area contributed by atoms with Crippen LogP contribution in [-0.2, 0) is 14.3 Å². The predicted molar refractivity (Wildman–Crippen MR) is 137 cm³/mol. The van der Waals surface area contributed by atoms with Gasteiger partial charge in [0.05, 0.1) is 17.3 Å². The van der Waals surface area contributed by atoms with Crippen LogP contribution in [-0.4, -0.2) is 33.9 Å². The van der Waals surface area contributed by atoms with Crippen LogP contribution < -0.4 is 5.32 Å². The van der Waals surface area contributed by atoms with E-state index in [9.17, 15) is 9.59 Å². The predicted octanol–water partition coefficient (Wildman–Crippen LogP) is 6.57. The highest BCUT2D eigenvalue weighted by molar-refractivity contribution is 5.85. The van der Waals surface area contributed by atoms with E-state index in [1.807, 2.05) is 19.9 Å². The average molecular weight is 487 g/mol. The third kappa shape index (κ3) is 6.99. The van der Waals surface area contributed by atoms with Crippen LogP contribution in [0.25, 0.3) is 6.08 Å². The maximum absolute atomic E-state index is 15.6. The van der Waals surface area contributed by atoms with Gasteiger partial charge in [0.25, 0.3) is 0 Å². The summed E-state index contributed by atoms with van der Waals surface area (Å²) >= 11 is 0. The minimum Gasteiger partial charge on any atom is -0.363 e. The molecule has 3 rings (SSSR count). The first kappa shape index (κ1) is 27.5. The van der Waals surface area contributed by atoms with Crippen LogP contribution in [0, 0.1) is 11.3 Å². The first-order valence-electron chi connectivity index (χ1n) is 13.3. The van der Waals surface area contributed by atoms with Crippen molar-refractivity contribution in [3.05, 3.63) is 35.9 Å². The van der Waals surface area contributed by atoms with Gasteiger partial charge in [-0.3, -0.25) is 14.6 Å². The first-order chi connectivity index (χ1) is 16.5. The minimum atomic E-state index is -0.802. The van der Waals surface area contributed by atoms with E-state index in [0.717, 1.165) is 38.5 Å². The number of Topliss-reactive ketones (excluding diaryl/α,β-unsaturated/α-hetero) is 1. The Morgan fingerprint density at radius 1 is 1.20 bits per heavy atom. The fourth-order valence-electron chi connectivity index (χ4n) is 5.49. The molecule has 1 aromatic heterocycles. The zero-order valence-electron chi connectivity index (χ0n) is 22.2. The molecule has 0 bridgehead atoms. The zero-order chi connectivity index (χ0) is 25.7. The summed E-state index contributed by atoms with van der Waals surface area (Å²) in [5, 5.41) is 2.93. The maximum Gasteiger partial charge on any atom is 0.220 e. The SMILES string of the molecule is CCCC12CC(C(F)=Cc3ccccn3)NC(=O)CCC(C)(C)C(=O)CCC(C)CCCC1(C)O2. The van der Waals surface area contributed by atoms with E-state index in [1.54, 1.807) is 18.3 Å². The summed E-state index contributed by atoms with van der Waals surface area (Å²) in [6.45, 7) is 10.3. The molecule has 1 amide bonds. The number of epoxide rings is 1. The van der Waals surface area contributed by atoms with Crippen LogP contribution in [0.1, 0.15) is 105 Å². The van der Waals surface area contributed by atoms with E-state index in [1.165, 1.54) is 6.08 Å². The summed E-state index contributed by atoms with van der Waals surface area (Å²) in [6, 6.07) is 4.53. The molecule has 4 unspecified atom stereocenters. The Hall–Kier alpha value is -2.08. The van der Waals surface area contributed by atoms with Gasteiger partial charge in [-0.05, 0) is 56.7 Å². The van der Waals surface area contributed by atoms with Crippen LogP contribution in [0.15, 0.2) is 30.2 Å². The highest BCUT2D eigenvalue weighted by Gasteiger charge is 2.65. The van der Waals surface area contributed by atoms with Gasteiger partial charge in [0.2, 0.25) is 5.91 Å². The first-order valence-corrected chi connectivity index (χ1v) is 13.3. The summed E-state index contributed by atoms with van der Waals surface area (Å²) in [6.07, 6.45) is 10.1. The number of nitrogens with zero attached hydrogens (tertiary/aromatic N) is 1. The highest BCUT2D eigenvalue weighted by atomic mass is 19.1. The molecular weight excluding hydrogens is 443 g/mol. The van der Waals surface area contributed by atoms with Crippen molar-refractivity contribution in [2.75, 3.05) is 0 Å². The standard InChI is InChI=1S/C29H43FN2O3/c1-6-15-29-20-24(23(30)19-22-11-7-8-18-31-22)32-26(34)14-17-27(3,4)25(33)13-12-21(2)10-9-16-28(29,5)35-29/h7-8,11,18-19,21,24H,6,9-10,12-17,20H2,1-5H3,(H,32,34). The summed E-state index contributed by atoms with van der Waals surface area (Å²) in [5.41, 5.74) is -0.847. The lowest BCUT2D eigenvalue weighted by Gasteiger charge is -2.27. The fourth-order valence-corrected chi connectivity index (χ4v) is 5.49. The number of halogens is 1. The Labute approximate surface area is 210 Å². The van der Waals surface area contributed by atoms with Crippen molar-refractivity contribution in [3.8, 4) is 0 Å². The monoisotopic (exact) mass is 486 g/mol. The molecule has 194 valence electrons. The maximum atomic E-state index is 15.6. The van der Waals surface area contributed by atoms with Crippen LogP contribution in [0.4, 0.5) is 4.39 Å². The van der Waals surface area contributed by atoms with Crippen molar-refractivity contribution < 1.29 is 18.7 Å². The van der Waals surface area contributed by atoms with Gasteiger partial charge in [0.1, 0.15) is 17.2 Å². The number of carbonyl (C=O) groups excluding carboxylic acids is 2. The van der Waals surface area contributed by atoms with Crippen molar-refractivity contribution in [2.24, 2.45) is 11.3 Å². The third-order valence-corrected chi connectivity index (χ3v) is 8.12. The van der Waals surface area contributed by atoms with Crippen molar-refractivity contribution >= 4 is 17.8 Å². The molecule has 1 N–H and O–H groups in total. The van der Waals surface area contributed by atoms with Crippen LogP contribution >= 0.6 is 0 Å². The second kappa shape index (κ2) is 11.3. The minimum absolute atomic E-state index is 0.181. The molecule has 0 spiro atoms. The van der Waals surface area contributed by atoms with Crippen molar-refractivity contribution in [2.45, 2.75) is 116 Å². The molecule has 0 aliphatic carbocycles. The van der Waals surface area contributed by atoms with Crippen molar-refractivity contribution in [1.82, 2.24) is 10.3 Å². The van der Waals surface area contributed by atoms with Gasteiger partial charge in [-0.2, -0.15) is 0 Å². The third-order valence-electron chi connectivity index (χ3n) is 8.12. The van der Waals surface area contributed by atoms with E-state index >= 15 is 4.39 Å². The molecule has 2 aliphatic heterocycles. The molecule has 1 aromatic rings. The molecular formula is C29H43FN2O3. The van der Waals surface area contributed by atoms with Crippen LogP contribution in [0.5, 0.6) is 0 Å². The molecule has 2 aliphatic rings. The number of fused-ring (bicyclic) bond motifs is 1. The number of carbonyl (C=O) groups is 2. The summed E-state index contributed by atoms with van der Waals surface area (Å²) in [5.74, 6) is -0.00721. The molecule has 0 radical (unpaired) electrons. The highest BCUT2D eigenvalue weighted by Crippen LogP contribution is 2.57. The number of hydrogen-bond acceptors (Lipinski definition) is 4. The van der Waals surface area contributed by atoms with E-state index < -0.39 is 22.9 Å². The molecule has 35 heavy (non-hydrogen) atoms. The van der Waals surface area contributed by atoms with Gasteiger partial charge in [0.15, 0.2) is 0 Å². The number of hydrogen-bond donors (Lipinski definition) is 1. The molecule has 4 atom stereocenters. The summed E-state index contributed by atoms with van der Waals surface area (Å²) in [7, 11) is 0. The number of aromatic nitrogens is 1. The summed E-state index contributed by atoms with van der Waals surface area (Å²) < 4.78 is 22.0.